The number of nitrogens with zero attached hydrogens (tertiary/aromatic N) is 3. The van der Waals surface area contributed by atoms with Crippen molar-refractivity contribution in [1.29, 1.82) is 0 Å². The van der Waals surface area contributed by atoms with E-state index in [2.05, 4.69) is 41.3 Å². The zero-order chi connectivity index (χ0) is 25.5. The molecule has 9 heteroatoms. The Balaban J connectivity index is 1.71. The molecule has 0 aliphatic heterocycles. The number of alkyl halides is 3. The van der Waals surface area contributed by atoms with Gasteiger partial charge in [-0.05, 0) is 61.2 Å². The number of thiophene rings is 1. The van der Waals surface area contributed by atoms with Crippen LogP contribution in [0.4, 0.5) is 30.4 Å². The number of aromatic nitrogens is 2. The van der Waals surface area contributed by atoms with E-state index < -0.39 is 17.6 Å². The molecule has 35 heavy (non-hydrogen) atoms. The van der Waals surface area contributed by atoms with Crippen LogP contribution < -0.4 is 10.2 Å². The largest absolute Gasteiger partial charge is 0.416 e. The molecule has 0 atom stereocenters. The molecule has 2 heterocycles. The number of aryl methyl sites for hydroxylation is 2. The summed E-state index contributed by atoms with van der Waals surface area (Å²) in [5.74, 6) is 1.15. The first-order chi connectivity index (χ1) is 16.5. The smallest absolute Gasteiger partial charge is 0.329 e. The van der Waals surface area contributed by atoms with Crippen molar-refractivity contribution in [3.8, 4) is 0 Å². The van der Waals surface area contributed by atoms with Crippen LogP contribution in [0, 0.1) is 13.8 Å². The van der Waals surface area contributed by atoms with Crippen LogP contribution in [0.2, 0.25) is 0 Å². The maximum Gasteiger partial charge on any atom is 0.416 e. The fourth-order valence-electron chi connectivity index (χ4n) is 3.85. The Morgan fingerprint density at radius 1 is 1.06 bits per heavy atom. The minimum atomic E-state index is -4.49. The summed E-state index contributed by atoms with van der Waals surface area (Å²) in [6, 6.07) is 12.8. The Bertz CT molecular complexity index is 1390. The number of amides is 1. The predicted octanol–water partition coefficient (Wildman–Crippen LogP) is 7.47. The molecule has 0 unspecified atom stereocenters. The third-order valence-corrected chi connectivity index (χ3v) is 6.99. The number of halogens is 3. The summed E-state index contributed by atoms with van der Waals surface area (Å²) in [6.45, 7) is 7.86. The molecule has 0 fully saturated rings. The van der Waals surface area contributed by atoms with Gasteiger partial charge in [0.25, 0.3) is 5.91 Å². The lowest BCUT2D eigenvalue weighted by Gasteiger charge is -2.20. The van der Waals surface area contributed by atoms with Crippen molar-refractivity contribution in [2.24, 2.45) is 0 Å². The molecule has 0 aliphatic rings. The van der Waals surface area contributed by atoms with Gasteiger partial charge in [0.15, 0.2) is 0 Å². The molecule has 4 aromatic rings. The summed E-state index contributed by atoms with van der Waals surface area (Å²) < 4.78 is 39.2. The van der Waals surface area contributed by atoms with E-state index in [9.17, 15) is 18.0 Å². The fourth-order valence-corrected chi connectivity index (χ4v) is 4.96. The standard InChI is InChI=1S/C26H25F3N4OS/c1-14(2)17-9-11-20(12-10-17)33(5)23-21-15(3)22(35-25(21)31-16(4)30-23)24(34)32-19-8-6-7-18(13-19)26(27,28)29/h6-14H,1-5H3,(H,32,34). The lowest BCUT2D eigenvalue weighted by molar-refractivity contribution is -0.137. The molecule has 0 saturated heterocycles. The molecule has 0 aliphatic carbocycles. The van der Waals surface area contributed by atoms with Gasteiger partial charge in [-0.2, -0.15) is 13.2 Å². The van der Waals surface area contributed by atoms with Crippen LogP contribution in [0.15, 0.2) is 48.5 Å². The molecule has 2 aromatic heterocycles. The van der Waals surface area contributed by atoms with E-state index in [1.54, 1.807) is 13.8 Å². The minimum absolute atomic E-state index is 0.0755. The maximum absolute atomic E-state index is 13.1. The van der Waals surface area contributed by atoms with E-state index in [1.807, 2.05) is 24.1 Å². The number of fused-ring (bicyclic) bond motifs is 1. The van der Waals surface area contributed by atoms with Gasteiger partial charge in [-0.1, -0.05) is 32.0 Å². The van der Waals surface area contributed by atoms with Crippen LogP contribution in [0.25, 0.3) is 10.2 Å². The third-order valence-electron chi connectivity index (χ3n) is 5.80. The summed E-state index contributed by atoms with van der Waals surface area (Å²) in [7, 11) is 1.91. The molecule has 182 valence electrons. The Kier molecular flexibility index (Phi) is 6.55. The average Bonchev–Trinajstić information content (AvgIpc) is 3.14. The van der Waals surface area contributed by atoms with Crippen molar-refractivity contribution in [2.45, 2.75) is 39.8 Å². The van der Waals surface area contributed by atoms with Crippen molar-refractivity contribution >= 4 is 44.7 Å². The zero-order valence-corrected chi connectivity index (χ0v) is 20.8. The number of hydrogen-bond acceptors (Lipinski definition) is 5. The molecule has 0 radical (unpaired) electrons. The van der Waals surface area contributed by atoms with Crippen molar-refractivity contribution in [3.63, 3.8) is 0 Å². The maximum atomic E-state index is 13.1. The zero-order valence-electron chi connectivity index (χ0n) is 20.0. The van der Waals surface area contributed by atoms with Gasteiger partial charge in [0.05, 0.1) is 15.8 Å². The van der Waals surface area contributed by atoms with E-state index in [0.29, 0.717) is 32.8 Å². The second kappa shape index (κ2) is 9.30. The normalized spacial score (nSPS) is 11.8. The summed E-state index contributed by atoms with van der Waals surface area (Å²) in [5, 5.41) is 3.33. The van der Waals surface area contributed by atoms with Crippen LogP contribution >= 0.6 is 11.3 Å². The number of benzene rings is 2. The molecule has 0 saturated carbocycles. The molecule has 0 spiro atoms. The Morgan fingerprint density at radius 2 is 1.74 bits per heavy atom. The van der Waals surface area contributed by atoms with Crippen LogP contribution in [0.3, 0.4) is 0 Å². The van der Waals surface area contributed by atoms with Crippen LogP contribution in [-0.2, 0) is 6.18 Å². The molecule has 4 rings (SSSR count). The SMILES string of the molecule is Cc1nc(N(C)c2ccc(C(C)C)cc2)c2c(C)c(C(=O)Nc3cccc(C(F)(F)F)c3)sc2n1. The summed E-state index contributed by atoms with van der Waals surface area (Å²) >= 11 is 1.20. The highest BCUT2D eigenvalue weighted by Gasteiger charge is 2.30. The molecule has 1 amide bonds. The molecule has 1 N–H and O–H groups in total. The lowest BCUT2D eigenvalue weighted by Crippen LogP contribution is -2.14. The monoisotopic (exact) mass is 498 g/mol. The Morgan fingerprint density at radius 3 is 2.37 bits per heavy atom. The number of hydrogen-bond donors (Lipinski definition) is 1. The summed E-state index contributed by atoms with van der Waals surface area (Å²) in [6.07, 6.45) is -4.49. The second-order valence-electron chi connectivity index (χ2n) is 8.67. The summed E-state index contributed by atoms with van der Waals surface area (Å²) in [5.41, 5.74) is 2.10. The molecule has 0 bridgehead atoms. The van der Waals surface area contributed by atoms with Crippen molar-refractivity contribution in [3.05, 3.63) is 75.9 Å². The van der Waals surface area contributed by atoms with Crippen molar-refractivity contribution < 1.29 is 18.0 Å². The number of carbonyl (C=O) groups is 1. The quantitative estimate of drug-likeness (QED) is 0.310. The van der Waals surface area contributed by atoms with Crippen molar-refractivity contribution in [2.75, 3.05) is 17.3 Å². The van der Waals surface area contributed by atoms with E-state index in [1.165, 1.54) is 29.0 Å². The van der Waals surface area contributed by atoms with Crippen LogP contribution in [0.1, 0.15) is 52.0 Å². The average molecular weight is 499 g/mol. The molecular formula is C26H25F3N4OS. The summed E-state index contributed by atoms with van der Waals surface area (Å²) in [4.78, 5) is 25.2. The lowest BCUT2D eigenvalue weighted by atomic mass is 10.0. The Hall–Kier alpha value is -3.46. The molecule has 5 nitrogen and oxygen atoms in total. The van der Waals surface area contributed by atoms with Gasteiger partial charge in [0.1, 0.15) is 16.5 Å². The second-order valence-corrected chi connectivity index (χ2v) is 9.67. The van der Waals surface area contributed by atoms with E-state index in [-0.39, 0.29) is 5.69 Å². The van der Waals surface area contributed by atoms with Gasteiger partial charge in [-0.15, -0.1) is 11.3 Å². The van der Waals surface area contributed by atoms with Gasteiger partial charge in [0.2, 0.25) is 0 Å². The fraction of sp³-hybridized carbons (Fsp3) is 0.269. The van der Waals surface area contributed by atoms with E-state index in [4.69, 9.17) is 0 Å². The Labute approximate surface area is 205 Å². The number of anilines is 3. The number of nitrogens with one attached hydrogen (secondary N) is 1. The highest BCUT2D eigenvalue weighted by atomic mass is 32.1. The minimum Gasteiger partial charge on any atom is -0.329 e. The third kappa shape index (κ3) is 5.00. The van der Waals surface area contributed by atoms with Crippen LogP contribution in [-0.4, -0.2) is 22.9 Å². The van der Waals surface area contributed by atoms with Gasteiger partial charge < -0.3 is 10.2 Å². The number of carbonyl (C=O) groups excluding carboxylic acids is 1. The van der Waals surface area contributed by atoms with E-state index >= 15 is 0 Å². The van der Waals surface area contributed by atoms with Crippen LogP contribution in [0.5, 0.6) is 0 Å². The topological polar surface area (TPSA) is 58.1 Å². The first-order valence-electron chi connectivity index (χ1n) is 11.1. The molecular weight excluding hydrogens is 473 g/mol. The van der Waals surface area contributed by atoms with Gasteiger partial charge in [-0.25, -0.2) is 9.97 Å². The van der Waals surface area contributed by atoms with Gasteiger partial charge in [-0.3, -0.25) is 4.79 Å². The predicted molar refractivity (Wildman–Crippen MR) is 135 cm³/mol. The van der Waals surface area contributed by atoms with E-state index in [0.717, 1.165) is 23.2 Å². The van der Waals surface area contributed by atoms with Gasteiger partial charge >= 0.3 is 6.18 Å². The highest BCUT2D eigenvalue weighted by Crippen LogP contribution is 2.38. The first-order valence-corrected chi connectivity index (χ1v) is 11.9. The van der Waals surface area contributed by atoms with Crippen molar-refractivity contribution in [1.82, 2.24) is 9.97 Å². The molecule has 2 aromatic carbocycles. The highest BCUT2D eigenvalue weighted by molar-refractivity contribution is 7.20. The number of rotatable bonds is 5. The first kappa shape index (κ1) is 24.7. The van der Waals surface area contributed by atoms with Gasteiger partial charge in [0, 0.05) is 18.4 Å².